The van der Waals surface area contributed by atoms with Crippen LogP contribution in [-0.2, 0) is 11.2 Å². The van der Waals surface area contributed by atoms with Gasteiger partial charge in [0.15, 0.2) is 5.96 Å². The monoisotopic (exact) mass is 490 g/mol. The third kappa shape index (κ3) is 3.76. The number of aliphatic imine (C=N–C) groups is 1. The van der Waals surface area contributed by atoms with Crippen molar-refractivity contribution in [3.05, 3.63) is 16.1 Å². The van der Waals surface area contributed by atoms with E-state index in [1.807, 2.05) is 6.20 Å². The normalized spacial score (nSPS) is 29.2. The lowest BCUT2D eigenvalue weighted by atomic mass is 9.54. The van der Waals surface area contributed by atoms with E-state index in [0.717, 1.165) is 32.1 Å². The van der Waals surface area contributed by atoms with E-state index >= 15 is 0 Å². The van der Waals surface area contributed by atoms with Crippen LogP contribution < -0.4 is 10.6 Å². The summed E-state index contributed by atoms with van der Waals surface area (Å²) in [6.07, 6.45) is 9.87. The maximum absolute atomic E-state index is 6.10. The lowest BCUT2D eigenvalue weighted by Crippen LogP contribution is -2.69. The Balaban J connectivity index is 0.00000196. The Labute approximate surface area is 177 Å². The largest absolute Gasteiger partial charge is 0.377 e. The second-order valence-corrected chi connectivity index (χ2v) is 9.00. The van der Waals surface area contributed by atoms with E-state index in [-0.39, 0.29) is 24.0 Å². The van der Waals surface area contributed by atoms with Gasteiger partial charge in [0.25, 0.3) is 0 Å². The van der Waals surface area contributed by atoms with Crippen LogP contribution in [-0.4, -0.2) is 42.8 Å². The number of hydrogen-bond acceptors (Lipinski definition) is 4. The second kappa shape index (κ2) is 8.73. The van der Waals surface area contributed by atoms with Crippen molar-refractivity contribution in [2.45, 2.75) is 64.5 Å². The quantitative estimate of drug-likeness (QED) is 0.377. The number of halogens is 1. The SMILES string of the molecule is CCNC(=NCCc1ncc(C)s1)NC1C2CCOC2C12CCCC2.I. The molecule has 26 heavy (non-hydrogen) atoms. The fourth-order valence-electron chi connectivity index (χ4n) is 5.15. The van der Waals surface area contributed by atoms with Crippen molar-refractivity contribution in [2.24, 2.45) is 16.3 Å². The first-order valence-corrected chi connectivity index (χ1v) is 10.6. The number of rotatable bonds is 5. The third-order valence-electron chi connectivity index (χ3n) is 6.19. The lowest BCUT2D eigenvalue weighted by molar-refractivity contribution is -0.125. The molecule has 2 N–H and O–H groups in total. The molecule has 4 rings (SSSR count). The molecular weight excluding hydrogens is 459 g/mol. The van der Waals surface area contributed by atoms with Crippen molar-refractivity contribution in [3.8, 4) is 0 Å². The Morgan fingerprint density at radius 3 is 2.92 bits per heavy atom. The van der Waals surface area contributed by atoms with Crippen molar-refractivity contribution in [2.75, 3.05) is 19.7 Å². The molecule has 2 saturated carbocycles. The van der Waals surface area contributed by atoms with E-state index < -0.39 is 0 Å². The van der Waals surface area contributed by atoms with Crippen LogP contribution in [0.4, 0.5) is 0 Å². The minimum Gasteiger partial charge on any atom is -0.377 e. The molecule has 0 bridgehead atoms. The Morgan fingerprint density at radius 2 is 2.23 bits per heavy atom. The van der Waals surface area contributed by atoms with E-state index in [9.17, 15) is 0 Å². The molecule has 0 amide bonds. The summed E-state index contributed by atoms with van der Waals surface area (Å²) >= 11 is 1.77. The molecule has 3 atom stereocenters. The smallest absolute Gasteiger partial charge is 0.191 e. The molecule has 1 aliphatic heterocycles. The molecule has 0 aromatic carbocycles. The molecule has 2 aliphatic carbocycles. The standard InChI is InChI=1S/C19H30N4OS.HI/c1-3-20-18(21-10-6-15-22-12-13(2)25-15)23-16-14-7-11-24-17(14)19(16)8-4-5-9-19;/h12,14,16-17H,3-11H2,1-2H3,(H2,20,21,23);1H. The lowest BCUT2D eigenvalue weighted by Gasteiger charge is -2.57. The molecule has 1 spiro atoms. The van der Waals surface area contributed by atoms with Crippen molar-refractivity contribution < 1.29 is 4.74 Å². The minimum atomic E-state index is 0. The molecule has 1 aromatic heterocycles. The van der Waals surface area contributed by atoms with Crippen LogP contribution in [0, 0.1) is 18.3 Å². The number of aromatic nitrogens is 1. The summed E-state index contributed by atoms with van der Waals surface area (Å²) in [4.78, 5) is 10.5. The zero-order valence-electron chi connectivity index (χ0n) is 15.8. The first kappa shape index (κ1) is 20.3. The Bertz CT molecular complexity index is 629. The van der Waals surface area contributed by atoms with Crippen molar-refractivity contribution in [1.82, 2.24) is 15.6 Å². The van der Waals surface area contributed by atoms with Crippen LogP contribution in [0.25, 0.3) is 0 Å². The maximum Gasteiger partial charge on any atom is 0.191 e. The summed E-state index contributed by atoms with van der Waals surface area (Å²) in [5, 5.41) is 8.41. The molecule has 146 valence electrons. The molecule has 3 fully saturated rings. The van der Waals surface area contributed by atoms with Gasteiger partial charge in [0.2, 0.25) is 0 Å². The van der Waals surface area contributed by atoms with Gasteiger partial charge in [0.1, 0.15) is 0 Å². The molecule has 2 heterocycles. The molecule has 5 nitrogen and oxygen atoms in total. The third-order valence-corrected chi connectivity index (χ3v) is 7.16. The highest BCUT2D eigenvalue weighted by Crippen LogP contribution is 2.60. The molecule has 7 heteroatoms. The van der Waals surface area contributed by atoms with E-state index in [1.165, 1.54) is 42.0 Å². The number of hydrogen-bond donors (Lipinski definition) is 2. The number of nitrogens with one attached hydrogen (secondary N) is 2. The molecule has 3 unspecified atom stereocenters. The molecule has 1 aromatic rings. The van der Waals surface area contributed by atoms with Crippen LogP contribution in [0.2, 0.25) is 0 Å². The van der Waals surface area contributed by atoms with Crippen molar-refractivity contribution >= 4 is 41.3 Å². The minimum absolute atomic E-state index is 0. The highest BCUT2D eigenvalue weighted by Gasteiger charge is 2.65. The first-order valence-electron chi connectivity index (χ1n) is 9.81. The van der Waals surface area contributed by atoms with E-state index in [0.29, 0.717) is 23.5 Å². The highest BCUT2D eigenvalue weighted by atomic mass is 127. The zero-order valence-corrected chi connectivity index (χ0v) is 18.9. The van der Waals surface area contributed by atoms with Gasteiger partial charge < -0.3 is 15.4 Å². The van der Waals surface area contributed by atoms with Gasteiger partial charge >= 0.3 is 0 Å². The van der Waals surface area contributed by atoms with Gasteiger partial charge in [-0.05, 0) is 33.1 Å². The number of aryl methyl sites for hydroxylation is 1. The van der Waals surface area contributed by atoms with Gasteiger partial charge in [-0.2, -0.15) is 0 Å². The summed E-state index contributed by atoms with van der Waals surface area (Å²) in [6.45, 7) is 6.86. The fraction of sp³-hybridized carbons (Fsp3) is 0.789. The van der Waals surface area contributed by atoms with Gasteiger partial charge in [0, 0.05) is 54.6 Å². The predicted octanol–water partition coefficient (Wildman–Crippen LogP) is 3.51. The molecule has 1 saturated heterocycles. The number of fused-ring (bicyclic) bond motifs is 2. The van der Waals surface area contributed by atoms with Gasteiger partial charge in [-0.15, -0.1) is 35.3 Å². The fourth-order valence-corrected chi connectivity index (χ4v) is 5.93. The molecular formula is C19H31IN4OS. The summed E-state index contributed by atoms with van der Waals surface area (Å²) < 4.78 is 6.10. The molecule has 3 aliphatic rings. The number of guanidine groups is 1. The number of ether oxygens (including phenoxy) is 1. The topological polar surface area (TPSA) is 58.5 Å². The summed E-state index contributed by atoms with van der Waals surface area (Å²) in [7, 11) is 0. The van der Waals surface area contributed by atoms with Gasteiger partial charge in [-0.25, -0.2) is 4.98 Å². The Hall–Kier alpha value is -0.410. The van der Waals surface area contributed by atoms with Crippen molar-refractivity contribution in [1.29, 1.82) is 0 Å². The summed E-state index contributed by atoms with van der Waals surface area (Å²) in [5.41, 5.74) is 0.365. The van der Waals surface area contributed by atoms with Crippen LogP contribution in [0.3, 0.4) is 0 Å². The Morgan fingerprint density at radius 1 is 1.42 bits per heavy atom. The van der Waals surface area contributed by atoms with Crippen LogP contribution in [0.1, 0.15) is 48.9 Å². The predicted molar refractivity (Wildman–Crippen MR) is 118 cm³/mol. The summed E-state index contributed by atoms with van der Waals surface area (Å²) in [6, 6.07) is 0.530. The second-order valence-electron chi connectivity index (χ2n) is 7.68. The average Bonchev–Trinajstić information content (AvgIpc) is 3.32. The highest BCUT2D eigenvalue weighted by molar-refractivity contribution is 14.0. The first-order chi connectivity index (χ1) is 12.2. The average molecular weight is 490 g/mol. The number of thiazole rings is 1. The van der Waals surface area contributed by atoms with Gasteiger partial charge in [0.05, 0.1) is 11.1 Å². The molecule has 0 radical (unpaired) electrons. The van der Waals surface area contributed by atoms with Crippen molar-refractivity contribution in [3.63, 3.8) is 0 Å². The summed E-state index contributed by atoms with van der Waals surface area (Å²) in [5.74, 6) is 1.64. The number of nitrogens with zero attached hydrogens (tertiary/aromatic N) is 2. The van der Waals surface area contributed by atoms with E-state index in [2.05, 4.69) is 29.5 Å². The van der Waals surface area contributed by atoms with Gasteiger partial charge in [-0.1, -0.05) is 12.8 Å². The van der Waals surface area contributed by atoms with Crippen LogP contribution in [0.5, 0.6) is 0 Å². The van der Waals surface area contributed by atoms with Crippen LogP contribution >= 0.6 is 35.3 Å². The van der Waals surface area contributed by atoms with Crippen LogP contribution in [0.15, 0.2) is 11.2 Å². The zero-order chi connectivity index (χ0) is 17.3. The van der Waals surface area contributed by atoms with Gasteiger partial charge in [-0.3, -0.25) is 4.99 Å². The van der Waals surface area contributed by atoms with E-state index in [4.69, 9.17) is 9.73 Å². The Kier molecular flexibility index (Phi) is 6.83. The maximum atomic E-state index is 6.10. The van der Waals surface area contributed by atoms with E-state index in [1.54, 1.807) is 11.3 Å².